The Bertz CT molecular complexity index is 1460. The molecule has 1 aromatic heterocycles. The van der Waals surface area contributed by atoms with E-state index in [0.29, 0.717) is 17.0 Å². The molecule has 12 nitrogen and oxygen atoms in total. The van der Waals surface area contributed by atoms with Crippen LogP contribution in [0.5, 0.6) is 0 Å². The molecular formula is C24H20N8O4. The van der Waals surface area contributed by atoms with Crippen LogP contribution in [-0.4, -0.2) is 42.7 Å². The molecule has 0 spiro atoms. The monoisotopic (exact) mass is 484 g/mol. The molecule has 0 aliphatic heterocycles. The van der Waals surface area contributed by atoms with Crippen LogP contribution in [0.2, 0.25) is 0 Å². The first kappa shape index (κ1) is 23.9. The van der Waals surface area contributed by atoms with E-state index in [4.69, 9.17) is 0 Å². The SMILES string of the molecule is C/C(=N\NC(=O)c1ccc(NC(=O)c2cccc([N+](=O)[O-])c2C)cc1)c1cccc(-n2cnnn2)c1. The fraction of sp³-hybridized carbons (Fsp3) is 0.0833. The predicted molar refractivity (Wildman–Crippen MR) is 131 cm³/mol. The second kappa shape index (κ2) is 10.3. The highest BCUT2D eigenvalue weighted by atomic mass is 16.6. The summed E-state index contributed by atoms with van der Waals surface area (Å²) in [6.07, 6.45) is 1.48. The number of nitrogens with one attached hydrogen (secondary N) is 2. The van der Waals surface area contributed by atoms with Crippen LogP contribution in [0.4, 0.5) is 11.4 Å². The molecule has 0 atom stereocenters. The number of rotatable bonds is 7. The summed E-state index contributed by atoms with van der Waals surface area (Å²) in [4.78, 5) is 35.7. The number of hydrazone groups is 1. The van der Waals surface area contributed by atoms with Gasteiger partial charge in [0, 0.05) is 28.4 Å². The molecule has 0 bridgehead atoms. The fourth-order valence-corrected chi connectivity index (χ4v) is 3.39. The Morgan fingerprint density at radius 2 is 1.75 bits per heavy atom. The number of tetrazole rings is 1. The lowest BCUT2D eigenvalue weighted by atomic mass is 10.1. The Balaban J connectivity index is 1.41. The summed E-state index contributed by atoms with van der Waals surface area (Å²) < 4.78 is 1.51. The Morgan fingerprint density at radius 3 is 2.44 bits per heavy atom. The molecule has 4 aromatic rings. The van der Waals surface area contributed by atoms with E-state index >= 15 is 0 Å². The van der Waals surface area contributed by atoms with Crippen LogP contribution >= 0.6 is 0 Å². The molecule has 0 aliphatic rings. The highest BCUT2D eigenvalue weighted by Gasteiger charge is 2.18. The second-order valence-corrected chi connectivity index (χ2v) is 7.68. The first-order valence-corrected chi connectivity index (χ1v) is 10.7. The van der Waals surface area contributed by atoms with Gasteiger partial charge in [-0.3, -0.25) is 19.7 Å². The Kier molecular flexibility index (Phi) is 6.86. The molecule has 12 heteroatoms. The third-order valence-electron chi connectivity index (χ3n) is 5.35. The maximum atomic E-state index is 12.6. The van der Waals surface area contributed by atoms with E-state index in [9.17, 15) is 19.7 Å². The summed E-state index contributed by atoms with van der Waals surface area (Å²) in [6, 6.07) is 17.9. The number of carbonyl (C=O) groups is 2. The van der Waals surface area contributed by atoms with Crippen molar-refractivity contribution in [2.45, 2.75) is 13.8 Å². The van der Waals surface area contributed by atoms with Gasteiger partial charge >= 0.3 is 0 Å². The number of benzene rings is 3. The number of nitro groups is 1. The summed E-state index contributed by atoms with van der Waals surface area (Å²) >= 11 is 0. The van der Waals surface area contributed by atoms with Crippen LogP contribution in [0.25, 0.3) is 5.69 Å². The van der Waals surface area contributed by atoms with Crippen molar-refractivity contribution < 1.29 is 14.5 Å². The zero-order valence-electron chi connectivity index (χ0n) is 19.2. The largest absolute Gasteiger partial charge is 0.322 e. The van der Waals surface area contributed by atoms with Crippen LogP contribution in [0.3, 0.4) is 0 Å². The molecule has 2 amide bonds. The van der Waals surface area contributed by atoms with E-state index in [-0.39, 0.29) is 16.8 Å². The van der Waals surface area contributed by atoms with Gasteiger partial charge in [-0.15, -0.1) is 5.10 Å². The van der Waals surface area contributed by atoms with Crippen molar-refractivity contribution in [2.75, 3.05) is 5.32 Å². The van der Waals surface area contributed by atoms with Gasteiger partial charge in [0.05, 0.1) is 16.3 Å². The van der Waals surface area contributed by atoms with Crippen molar-refractivity contribution in [1.29, 1.82) is 0 Å². The minimum atomic E-state index is -0.533. The Labute approximate surface area is 204 Å². The van der Waals surface area contributed by atoms with E-state index in [1.165, 1.54) is 48.3 Å². The van der Waals surface area contributed by atoms with Crippen LogP contribution in [0.15, 0.2) is 78.2 Å². The van der Waals surface area contributed by atoms with Crippen molar-refractivity contribution in [3.8, 4) is 5.69 Å². The molecule has 3 aromatic carbocycles. The average molecular weight is 484 g/mol. The van der Waals surface area contributed by atoms with Gasteiger partial charge in [0.2, 0.25) is 0 Å². The van der Waals surface area contributed by atoms with Crippen molar-refractivity contribution >= 4 is 28.9 Å². The highest BCUT2D eigenvalue weighted by molar-refractivity contribution is 6.06. The predicted octanol–water partition coefficient (Wildman–Crippen LogP) is 3.29. The zero-order chi connectivity index (χ0) is 25.7. The molecule has 2 N–H and O–H groups in total. The van der Waals surface area contributed by atoms with Crippen molar-refractivity contribution in [1.82, 2.24) is 25.6 Å². The summed E-state index contributed by atoms with van der Waals surface area (Å²) in [5, 5.41) is 29.0. The van der Waals surface area contributed by atoms with Gasteiger partial charge in [0.1, 0.15) is 6.33 Å². The minimum Gasteiger partial charge on any atom is -0.322 e. The van der Waals surface area contributed by atoms with Gasteiger partial charge in [0.15, 0.2) is 0 Å². The number of hydrogen-bond acceptors (Lipinski definition) is 8. The number of hydrogen-bond donors (Lipinski definition) is 2. The van der Waals surface area contributed by atoms with Gasteiger partial charge in [-0.2, -0.15) is 5.10 Å². The van der Waals surface area contributed by atoms with E-state index in [2.05, 4.69) is 31.4 Å². The lowest BCUT2D eigenvalue weighted by molar-refractivity contribution is -0.385. The molecule has 1 heterocycles. The van der Waals surface area contributed by atoms with Gasteiger partial charge in [0.25, 0.3) is 17.5 Å². The molecule has 0 saturated heterocycles. The molecule has 36 heavy (non-hydrogen) atoms. The van der Waals surface area contributed by atoms with Gasteiger partial charge in [-0.25, -0.2) is 10.1 Å². The molecule has 0 fully saturated rings. The van der Waals surface area contributed by atoms with E-state index in [1.54, 1.807) is 19.1 Å². The summed E-state index contributed by atoms with van der Waals surface area (Å²) in [5.41, 5.74) is 5.71. The maximum Gasteiger partial charge on any atom is 0.273 e. The third kappa shape index (κ3) is 5.28. The molecular weight excluding hydrogens is 464 g/mol. The van der Waals surface area contributed by atoms with Crippen LogP contribution in [-0.2, 0) is 0 Å². The first-order chi connectivity index (χ1) is 17.3. The van der Waals surface area contributed by atoms with E-state index in [1.807, 2.05) is 24.3 Å². The lowest BCUT2D eigenvalue weighted by Gasteiger charge is -2.09. The number of aromatic nitrogens is 4. The summed E-state index contributed by atoms with van der Waals surface area (Å²) in [7, 11) is 0. The number of nitrogens with zero attached hydrogens (tertiary/aromatic N) is 6. The normalized spacial score (nSPS) is 11.1. The van der Waals surface area contributed by atoms with Crippen LogP contribution in [0, 0.1) is 17.0 Å². The molecule has 4 rings (SSSR count). The van der Waals surface area contributed by atoms with Crippen molar-refractivity contribution in [3.63, 3.8) is 0 Å². The van der Waals surface area contributed by atoms with E-state index < -0.39 is 16.7 Å². The van der Waals surface area contributed by atoms with Crippen molar-refractivity contribution in [3.05, 3.63) is 105 Å². The quantitative estimate of drug-likeness (QED) is 0.231. The molecule has 0 radical (unpaired) electrons. The molecule has 0 aliphatic carbocycles. The van der Waals surface area contributed by atoms with Crippen LogP contribution in [0.1, 0.15) is 38.8 Å². The maximum absolute atomic E-state index is 12.6. The van der Waals surface area contributed by atoms with Gasteiger partial charge in [-0.1, -0.05) is 18.2 Å². The van der Waals surface area contributed by atoms with E-state index in [0.717, 1.165) is 11.3 Å². The standard InChI is InChI=1S/C24H20N8O4/c1-15-21(7-4-8-22(15)32(35)36)24(34)26-19-11-9-17(10-12-19)23(33)28-27-16(2)18-5-3-6-20(13-18)31-14-25-29-30-31/h3-14H,1-2H3,(H,26,34)(H,28,33)/b27-16+. The molecule has 180 valence electrons. The van der Waals surface area contributed by atoms with Gasteiger partial charge in [-0.05, 0) is 72.3 Å². The topological polar surface area (TPSA) is 157 Å². The average Bonchev–Trinajstić information content (AvgIpc) is 3.43. The van der Waals surface area contributed by atoms with Crippen LogP contribution < -0.4 is 10.7 Å². The fourth-order valence-electron chi connectivity index (χ4n) is 3.39. The summed E-state index contributed by atoms with van der Waals surface area (Å²) in [6.45, 7) is 3.28. The summed E-state index contributed by atoms with van der Waals surface area (Å²) in [5.74, 6) is -0.920. The minimum absolute atomic E-state index is 0.132. The lowest BCUT2D eigenvalue weighted by Crippen LogP contribution is -2.19. The number of nitro benzene ring substituents is 1. The highest BCUT2D eigenvalue weighted by Crippen LogP contribution is 2.22. The molecule has 0 saturated carbocycles. The zero-order valence-corrected chi connectivity index (χ0v) is 19.2. The smallest absolute Gasteiger partial charge is 0.273 e. The Morgan fingerprint density at radius 1 is 1.00 bits per heavy atom. The second-order valence-electron chi connectivity index (χ2n) is 7.68. The third-order valence-corrected chi connectivity index (χ3v) is 5.35. The number of anilines is 1. The Hall–Kier alpha value is -5.26. The molecule has 0 unspecified atom stereocenters. The van der Waals surface area contributed by atoms with Gasteiger partial charge < -0.3 is 5.32 Å². The van der Waals surface area contributed by atoms with Crippen molar-refractivity contribution in [2.24, 2.45) is 5.10 Å². The first-order valence-electron chi connectivity index (χ1n) is 10.7. The number of amides is 2. The number of carbonyl (C=O) groups excluding carboxylic acids is 2.